The van der Waals surface area contributed by atoms with Crippen molar-refractivity contribution < 1.29 is 33.0 Å². The molecule has 4 rings (SSSR count). The van der Waals surface area contributed by atoms with Gasteiger partial charge in [-0.2, -0.15) is 8.78 Å². The van der Waals surface area contributed by atoms with Crippen molar-refractivity contribution in [1.82, 2.24) is 10.6 Å². The van der Waals surface area contributed by atoms with E-state index in [-0.39, 0.29) is 12.5 Å². The molecule has 0 radical (unpaired) electrons. The number of carbonyl (C=O) groups is 3. The number of alkyl carbamates (subject to hydrolysis) is 1. The van der Waals surface area contributed by atoms with Crippen LogP contribution in [0.5, 0.6) is 0 Å². The number of hydrogen-bond donors (Lipinski definition) is 3. The second kappa shape index (κ2) is 9.79. The third-order valence-electron chi connectivity index (χ3n) is 6.55. The van der Waals surface area contributed by atoms with Gasteiger partial charge in [0, 0.05) is 12.0 Å². The highest BCUT2D eigenvalue weighted by Crippen LogP contribution is 2.44. The van der Waals surface area contributed by atoms with Crippen LogP contribution >= 0.6 is 0 Å². The maximum Gasteiger partial charge on any atom is 0.407 e. The molecule has 2 amide bonds. The van der Waals surface area contributed by atoms with Crippen molar-refractivity contribution in [2.24, 2.45) is 5.92 Å². The van der Waals surface area contributed by atoms with Gasteiger partial charge in [0.15, 0.2) is 0 Å². The lowest BCUT2D eigenvalue weighted by atomic mass is 9.84. The standard InChI is InChI=1S/C25H26F2N2O5/c26-25(27,23(31)32)14-28-22(30)19-11-5-6-12-21(19)29-24(33)34-13-20-17-9-3-1-7-15(17)16-8-2-4-10-18(16)20/h1-4,7-10,19-21H,5-6,11-14H2,(H,28,30)(H,29,33)(H,31,32)/t19-,21+/m0/s1. The van der Waals surface area contributed by atoms with Crippen LogP contribution in [0, 0.1) is 5.92 Å². The molecule has 2 aliphatic carbocycles. The molecule has 2 aromatic rings. The van der Waals surface area contributed by atoms with Crippen molar-refractivity contribution in [3.05, 3.63) is 59.7 Å². The van der Waals surface area contributed by atoms with Crippen LogP contribution in [-0.4, -0.2) is 48.2 Å². The van der Waals surface area contributed by atoms with Crippen molar-refractivity contribution >= 4 is 18.0 Å². The summed E-state index contributed by atoms with van der Waals surface area (Å²) in [4.78, 5) is 35.7. The molecule has 3 N–H and O–H groups in total. The Morgan fingerprint density at radius 2 is 1.56 bits per heavy atom. The molecule has 7 nitrogen and oxygen atoms in total. The topological polar surface area (TPSA) is 105 Å². The fraction of sp³-hybridized carbons (Fsp3) is 0.400. The van der Waals surface area contributed by atoms with Gasteiger partial charge in [0.1, 0.15) is 6.61 Å². The van der Waals surface area contributed by atoms with Crippen LogP contribution in [0.3, 0.4) is 0 Å². The highest BCUT2D eigenvalue weighted by atomic mass is 19.3. The predicted molar refractivity (Wildman–Crippen MR) is 120 cm³/mol. The summed E-state index contributed by atoms with van der Waals surface area (Å²) < 4.78 is 32.2. The number of carboxylic acid groups (broad SMARTS) is 1. The van der Waals surface area contributed by atoms with Crippen molar-refractivity contribution in [1.29, 1.82) is 0 Å². The van der Waals surface area contributed by atoms with Gasteiger partial charge in [-0.1, -0.05) is 61.4 Å². The van der Waals surface area contributed by atoms with Gasteiger partial charge in [0.25, 0.3) is 0 Å². The van der Waals surface area contributed by atoms with Crippen molar-refractivity contribution in [2.75, 3.05) is 13.2 Å². The van der Waals surface area contributed by atoms with Gasteiger partial charge in [-0.15, -0.1) is 0 Å². The zero-order valence-corrected chi connectivity index (χ0v) is 18.4. The molecule has 1 fully saturated rings. The first-order chi connectivity index (χ1) is 16.3. The van der Waals surface area contributed by atoms with E-state index in [1.165, 1.54) is 0 Å². The minimum atomic E-state index is -4.06. The number of carbonyl (C=O) groups excluding carboxylic acids is 2. The summed E-state index contributed by atoms with van der Waals surface area (Å²) in [7, 11) is 0. The molecule has 1 saturated carbocycles. The zero-order valence-electron chi connectivity index (χ0n) is 18.4. The number of hydrogen-bond acceptors (Lipinski definition) is 4. The van der Waals surface area contributed by atoms with E-state index >= 15 is 0 Å². The number of rotatable bonds is 7. The second-order valence-corrected chi connectivity index (χ2v) is 8.69. The first kappa shape index (κ1) is 23.7. The van der Waals surface area contributed by atoms with E-state index in [4.69, 9.17) is 9.84 Å². The largest absolute Gasteiger partial charge is 0.477 e. The van der Waals surface area contributed by atoms with Crippen LogP contribution in [-0.2, 0) is 14.3 Å². The number of halogens is 2. The Kier molecular flexibility index (Phi) is 6.81. The lowest BCUT2D eigenvalue weighted by molar-refractivity contribution is -0.164. The van der Waals surface area contributed by atoms with E-state index in [2.05, 4.69) is 5.32 Å². The SMILES string of the molecule is O=C(N[C@@H]1CCCC[C@@H]1C(=O)NCC(F)(F)C(=O)O)OCC1c2ccccc2-c2ccccc21. The lowest BCUT2D eigenvalue weighted by Crippen LogP contribution is -2.51. The monoisotopic (exact) mass is 472 g/mol. The third-order valence-corrected chi connectivity index (χ3v) is 6.55. The van der Waals surface area contributed by atoms with E-state index in [1.54, 1.807) is 0 Å². The molecule has 2 aromatic carbocycles. The van der Waals surface area contributed by atoms with Crippen molar-refractivity contribution in [3.8, 4) is 11.1 Å². The summed E-state index contributed by atoms with van der Waals surface area (Å²) in [5, 5.41) is 13.3. The Labute approximate surface area is 195 Å². The molecule has 0 unspecified atom stereocenters. The minimum absolute atomic E-state index is 0.109. The number of aliphatic carboxylic acids is 1. The van der Waals surface area contributed by atoms with Gasteiger partial charge >= 0.3 is 18.0 Å². The fourth-order valence-electron chi connectivity index (χ4n) is 4.81. The maximum atomic E-state index is 13.3. The van der Waals surface area contributed by atoms with Crippen LogP contribution in [0.15, 0.2) is 48.5 Å². The van der Waals surface area contributed by atoms with Gasteiger partial charge in [-0.3, -0.25) is 4.79 Å². The smallest absolute Gasteiger partial charge is 0.407 e. The van der Waals surface area contributed by atoms with Gasteiger partial charge < -0.3 is 20.5 Å². The van der Waals surface area contributed by atoms with E-state index in [0.29, 0.717) is 19.3 Å². The molecule has 34 heavy (non-hydrogen) atoms. The minimum Gasteiger partial charge on any atom is -0.477 e. The molecule has 2 aliphatic rings. The first-order valence-electron chi connectivity index (χ1n) is 11.3. The summed E-state index contributed by atoms with van der Waals surface area (Å²) in [6.07, 6.45) is 1.69. The summed E-state index contributed by atoms with van der Waals surface area (Å²) >= 11 is 0. The average Bonchev–Trinajstić information content (AvgIpc) is 3.15. The van der Waals surface area contributed by atoms with Gasteiger partial charge in [-0.25, -0.2) is 9.59 Å². The fourth-order valence-corrected chi connectivity index (χ4v) is 4.81. The molecule has 0 spiro atoms. The maximum absolute atomic E-state index is 13.3. The summed E-state index contributed by atoms with van der Waals surface area (Å²) in [6, 6.07) is 15.3. The molecule has 0 aromatic heterocycles. The number of amides is 2. The van der Waals surface area contributed by atoms with Crippen LogP contribution in [0.25, 0.3) is 11.1 Å². The van der Waals surface area contributed by atoms with E-state index < -0.39 is 42.4 Å². The molecular weight excluding hydrogens is 446 g/mol. The summed E-state index contributed by atoms with van der Waals surface area (Å²) in [6.45, 7) is -1.18. The predicted octanol–water partition coefficient (Wildman–Crippen LogP) is 3.92. The number of benzene rings is 2. The quantitative estimate of drug-likeness (QED) is 0.567. The van der Waals surface area contributed by atoms with Crippen LogP contribution in [0.1, 0.15) is 42.7 Å². The Hall–Kier alpha value is -3.49. The molecular formula is C25H26F2N2O5. The highest BCUT2D eigenvalue weighted by Gasteiger charge is 2.41. The molecule has 0 saturated heterocycles. The molecule has 180 valence electrons. The summed E-state index contributed by atoms with van der Waals surface area (Å²) in [5.41, 5.74) is 4.36. The van der Waals surface area contributed by atoms with E-state index in [1.807, 2.05) is 53.8 Å². The van der Waals surface area contributed by atoms with Gasteiger partial charge in [0.05, 0.1) is 12.5 Å². The Morgan fingerprint density at radius 3 is 2.18 bits per heavy atom. The lowest BCUT2D eigenvalue weighted by Gasteiger charge is -2.31. The third kappa shape index (κ3) is 4.88. The molecule has 9 heteroatoms. The first-order valence-corrected chi connectivity index (χ1v) is 11.3. The van der Waals surface area contributed by atoms with Crippen LogP contribution in [0.2, 0.25) is 0 Å². The number of fused-ring (bicyclic) bond motifs is 3. The molecule has 0 heterocycles. The Morgan fingerprint density at radius 1 is 0.971 bits per heavy atom. The van der Waals surface area contributed by atoms with E-state index in [0.717, 1.165) is 28.7 Å². The average molecular weight is 472 g/mol. The number of ether oxygens (including phenoxy) is 1. The molecule has 0 bridgehead atoms. The molecule has 2 atom stereocenters. The normalized spacial score (nSPS) is 19.6. The highest BCUT2D eigenvalue weighted by molar-refractivity contribution is 5.82. The van der Waals surface area contributed by atoms with Crippen molar-refractivity contribution in [2.45, 2.75) is 43.6 Å². The van der Waals surface area contributed by atoms with Crippen molar-refractivity contribution in [3.63, 3.8) is 0 Å². The van der Waals surface area contributed by atoms with Gasteiger partial charge in [0.2, 0.25) is 5.91 Å². The van der Waals surface area contributed by atoms with Crippen LogP contribution < -0.4 is 10.6 Å². The Bertz CT molecular complexity index is 1040. The van der Waals surface area contributed by atoms with E-state index in [9.17, 15) is 23.2 Å². The Balaban J connectivity index is 1.37. The summed E-state index contributed by atoms with van der Waals surface area (Å²) in [5.74, 6) is -7.91. The van der Waals surface area contributed by atoms with Gasteiger partial charge in [-0.05, 0) is 35.1 Å². The van der Waals surface area contributed by atoms with Crippen LogP contribution in [0.4, 0.5) is 13.6 Å². The number of carboxylic acids is 1. The number of nitrogens with one attached hydrogen (secondary N) is 2. The number of alkyl halides is 2. The zero-order chi connectivity index (χ0) is 24.3. The second-order valence-electron chi connectivity index (χ2n) is 8.69. The molecule has 0 aliphatic heterocycles.